The molecule has 0 bridgehead atoms. The van der Waals surface area contributed by atoms with Crippen LogP contribution in [0.3, 0.4) is 0 Å². The fraction of sp³-hybridized carbons (Fsp3) is 0.364. The van der Waals surface area contributed by atoms with E-state index in [4.69, 9.17) is 0 Å². The Morgan fingerprint density at radius 2 is 1.73 bits per heavy atom. The van der Waals surface area contributed by atoms with Gasteiger partial charge in [0, 0.05) is 29.5 Å². The molecular weight excluding hydrogens is 342 g/mol. The van der Waals surface area contributed by atoms with Crippen LogP contribution >= 0.6 is 11.8 Å². The van der Waals surface area contributed by atoms with Gasteiger partial charge in [-0.15, -0.1) is 11.8 Å². The van der Waals surface area contributed by atoms with Crippen molar-refractivity contribution < 1.29 is 9.59 Å². The van der Waals surface area contributed by atoms with E-state index in [-0.39, 0.29) is 17.6 Å². The van der Waals surface area contributed by atoms with E-state index >= 15 is 0 Å². The second kappa shape index (κ2) is 8.54. The number of hydrogen-bond acceptors (Lipinski definition) is 3. The number of benzene rings is 2. The van der Waals surface area contributed by atoms with Gasteiger partial charge in [-0.05, 0) is 38.3 Å². The van der Waals surface area contributed by atoms with Crippen molar-refractivity contribution in [1.29, 1.82) is 0 Å². The van der Waals surface area contributed by atoms with Gasteiger partial charge in [0.05, 0.1) is 5.75 Å². The van der Waals surface area contributed by atoms with Gasteiger partial charge in [-0.25, -0.2) is 0 Å². The molecule has 1 amide bonds. The second-order valence-electron chi connectivity index (χ2n) is 6.94. The Morgan fingerprint density at radius 3 is 2.42 bits per heavy atom. The topological polar surface area (TPSA) is 37.4 Å². The molecule has 1 fully saturated rings. The van der Waals surface area contributed by atoms with Crippen LogP contribution in [0.25, 0.3) is 0 Å². The first-order valence-corrected chi connectivity index (χ1v) is 10.1. The summed E-state index contributed by atoms with van der Waals surface area (Å²) in [6.07, 6.45) is 1.52. The summed E-state index contributed by atoms with van der Waals surface area (Å²) in [5.41, 5.74) is 3.20. The molecule has 0 N–H and O–H groups in total. The lowest BCUT2D eigenvalue weighted by Crippen LogP contribution is -2.41. The van der Waals surface area contributed by atoms with Gasteiger partial charge in [-0.3, -0.25) is 9.59 Å². The fourth-order valence-electron chi connectivity index (χ4n) is 3.32. The van der Waals surface area contributed by atoms with E-state index in [2.05, 4.69) is 32.0 Å². The van der Waals surface area contributed by atoms with Crippen LogP contribution in [-0.2, 0) is 4.79 Å². The number of rotatable bonds is 5. The number of aryl methyl sites for hydroxylation is 2. The fourth-order valence-corrected chi connectivity index (χ4v) is 4.35. The van der Waals surface area contributed by atoms with E-state index in [1.807, 2.05) is 35.2 Å². The Bertz CT molecular complexity index is 780. The van der Waals surface area contributed by atoms with Gasteiger partial charge in [-0.2, -0.15) is 0 Å². The number of nitrogens with zero attached hydrogens (tertiary/aromatic N) is 1. The smallest absolute Gasteiger partial charge is 0.232 e. The number of carbonyl (C=O) groups is 2. The molecule has 1 aliphatic heterocycles. The minimum Gasteiger partial charge on any atom is -0.342 e. The van der Waals surface area contributed by atoms with Gasteiger partial charge < -0.3 is 4.90 Å². The highest BCUT2D eigenvalue weighted by molar-refractivity contribution is 8.00. The normalized spacial score (nSPS) is 15.1. The van der Waals surface area contributed by atoms with Crippen LogP contribution in [0.2, 0.25) is 0 Å². The molecule has 4 heteroatoms. The van der Waals surface area contributed by atoms with Gasteiger partial charge in [0.1, 0.15) is 0 Å². The summed E-state index contributed by atoms with van der Waals surface area (Å²) in [5.74, 6) is 0.874. The first-order valence-electron chi connectivity index (χ1n) is 9.11. The average Bonchev–Trinajstić information content (AvgIpc) is 2.68. The monoisotopic (exact) mass is 367 g/mol. The summed E-state index contributed by atoms with van der Waals surface area (Å²) >= 11 is 1.61. The zero-order chi connectivity index (χ0) is 18.5. The van der Waals surface area contributed by atoms with Crippen molar-refractivity contribution in [2.24, 2.45) is 5.92 Å². The number of piperidine rings is 1. The van der Waals surface area contributed by atoms with Gasteiger partial charge in [0.2, 0.25) is 5.91 Å². The third-order valence-electron chi connectivity index (χ3n) is 4.97. The molecule has 0 spiro atoms. The number of ketones is 1. The number of amides is 1. The number of thioether (sulfide) groups is 1. The van der Waals surface area contributed by atoms with Gasteiger partial charge in [-0.1, -0.05) is 48.0 Å². The molecule has 0 radical (unpaired) electrons. The summed E-state index contributed by atoms with van der Waals surface area (Å²) in [6.45, 7) is 5.50. The molecule has 0 atom stereocenters. The Morgan fingerprint density at radius 1 is 1.04 bits per heavy atom. The minimum atomic E-state index is 0.0353. The molecule has 3 nitrogen and oxygen atoms in total. The number of carbonyl (C=O) groups excluding carboxylic acids is 2. The molecule has 3 rings (SSSR count). The molecule has 26 heavy (non-hydrogen) atoms. The maximum absolute atomic E-state index is 12.5. The number of hydrogen-bond donors (Lipinski definition) is 0. The van der Waals surface area contributed by atoms with E-state index in [0.29, 0.717) is 18.8 Å². The van der Waals surface area contributed by atoms with Gasteiger partial charge >= 0.3 is 0 Å². The Hall–Kier alpha value is -2.07. The molecule has 0 unspecified atom stereocenters. The summed E-state index contributed by atoms with van der Waals surface area (Å²) in [6, 6.07) is 15.8. The van der Waals surface area contributed by atoms with Crippen LogP contribution in [0, 0.1) is 19.8 Å². The average molecular weight is 368 g/mol. The first-order chi connectivity index (χ1) is 12.5. The third-order valence-corrected chi connectivity index (χ3v) is 6.11. The van der Waals surface area contributed by atoms with E-state index in [1.54, 1.807) is 11.8 Å². The van der Waals surface area contributed by atoms with Crippen LogP contribution in [0.1, 0.15) is 34.3 Å². The molecule has 1 aliphatic rings. The molecule has 0 saturated carbocycles. The molecule has 1 saturated heterocycles. The van der Waals surface area contributed by atoms with E-state index < -0.39 is 0 Å². The standard InChI is InChI=1S/C22H25NO2S/c1-16-8-9-17(2)20(14-16)26-15-21(24)23-12-10-19(11-13-23)22(25)18-6-4-3-5-7-18/h3-9,14,19H,10-13,15H2,1-2H3. The van der Waals surface area contributed by atoms with E-state index in [0.717, 1.165) is 18.4 Å². The van der Waals surface area contributed by atoms with Crippen LogP contribution in [-0.4, -0.2) is 35.4 Å². The van der Waals surface area contributed by atoms with Crippen LogP contribution < -0.4 is 0 Å². The molecule has 1 heterocycles. The summed E-state index contributed by atoms with van der Waals surface area (Å²) < 4.78 is 0. The highest BCUT2D eigenvalue weighted by Gasteiger charge is 2.27. The van der Waals surface area contributed by atoms with Crippen molar-refractivity contribution in [3.05, 3.63) is 65.2 Å². The zero-order valence-corrected chi connectivity index (χ0v) is 16.2. The Balaban J connectivity index is 1.50. The third kappa shape index (κ3) is 4.55. The van der Waals surface area contributed by atoms with Crippen molar-refractivity contribution in [3.8, 4) is 0 Å². The van der Waals surface area contributed by atoms with Gasteiger partial charge in [0.25, 0.3) is 0 Å². The van der Waals surface area contributed by atoms with Gasteiger partial charge in [0.15, 0.2) is 5.78 Å². The Labute approximate surface area is 159 Å². The second-order valence-corrected chi connectivity index (χ2v) is 7.96. The minimum absolute atomic E-state index is 0.0353. The van der Waals surface area contributed by atoms with E-state index in [1.165, 1.54) is 16.0 Å². The number of likely N-dealkylation sites (tertiary alicyclic amines) is 1. The molecule has 0 aromatic heterocycles. The van der Waals surface area contributed by atoms with Crippen LogP contribution in [0.15, 0.2) is 53.4 Å². The number of Topliss-reactive ketones (excluding diaryl/α,β-unsaturated/α-hetero) is 1. The van der Waals surface area contributed by atoms with Crippen LogP contribution in [0.5, 0.6) is 0 Å². The highest BCUT2D eigenvalue weighted by atomic mass is 32.2. The maximum Gasteiger partial charge on any atom is 0.232 e. The van der Waals surface area contributed by atoms with Crippen molar-refractivity contribution in [2.75, 3.05) is 18.8 Å². The van der Waals surface area contributed by atoms with Crippen molar-refractivity contribution in [1.82, 2.24) is 4.90 Å². The Kier molecular flexibility index (Phi) is 6.15. The van der Waals surface area contributed by atoms with Crippen molar-refractivity contribution in [3.63, 3.8) is 0 Å². The lowest BCUT2D eigenvalue weighted by Gasteiger charge is -2.31. The molecule has 2 aromatic carbocycles. The highest BCUT2D eigenvalue weighted by Crippen LogP contribution is 2.26. The lowest BCUT2D eigenvalue weighted by molar-refractivity contribution is -0.129. The quantitative estimate of drug-likeness (QED) is 0.576. The predicted octanol–water partition coefficient (Wildman–Crippen LogP) is 4.52. The SMILES string of the molecule is Cc1ccc(C)c(SCC(=O)N2CCC(C(=O)c3ccccc3)CC2)c1. The van der Waals surface area contributed by atoms with Crippen molar-refractivity contribution >= 4 is 23.5 Å². The van der Waals surface area contributed by atoms with Crippen molar-refractivity contribution in [2.45, 2.75) is 31.6 Å². The molecule has 136 valence electrons. The maximum atomic E-state index is 12.5. The summed E-state index contributed by atoms with van der Waals surface area (Å²) in [7, 11) is 0. The summed E-state index contributed by atoms with van der Waals surface area (Å²) in [5, 5.41) is 0. The zero-order valence-electron chi connectivity index (χ0n) is 15.4. The first kappa shape index (κ1) is 18.7. The largest absolute Gasteiger partial charge is 0.342 e. The van der Waals surface area contributed by atoms with Crippen LogP contribution in [0.4, 0.5) is 0 Å². The lowest BCUT2D eigenvalue weighted by atomic mass is 9.89. The molecule has 2 aromatic rings. The molecule has 0 aliphatic carbocycles. The summed E-state index contributed by atoms with van der Waals surface area (Å²) in [4.78, 5) is 28.2. The molecular formula is C22H25NO2S. The van der Waals surface area contributed by atoms with E-state index in [9.17, 15) is 9.59 Å². The predicted molar refractivity (Wildman–Crippen MR) is 107 cm³/mol.